The molecule has 1 saturated carbocycles. The number of anilines is 1. The summed E-state index contributed by atoms with van der Waals surface area (Å²) in [7, 11) is 0. The molecule has 1 aliphatic rings. The largest absolute Gasteiger partial charge is 0.301 e. The number of carbonyl (C=O) groups is 1. The van der Waals surface area contributed by atoms with Crippen LogP contribution in [0.15, 0.2) is 39.6 Å². The monoisotopic (exact) mass is 553 g/mol. The van der Waals surface area contributed by atoms with E-state index >= 15 is 0 Å². The molecule has 0 bridgehead atoms. The molecule has 37 heavy (non-hydrogen) atoms. The molecule has 3 heterocycles. The summed E-state index contributed by atoms with van der Waals surface area (Å²) in [6.45, 7) is 6.27. The summed E-state index contributed by atoms with van der Waals surface area (Å²) in [5.41, 5.74) is 2.96. The summed E-state index contributed by atoms with van der Waals surface area (Å²) >= 11 is 4.20. The lowest BCUT2D eigenvalue weighted by Gasteiger charge is -2.18. The molecule has 1 amide bonds. The summed E-state index contributed by atoms with van der Waals surface area (Å²) in [5.74, 6) is 0.754. The summed E-state index contributed by atoms with van der Waals surface area (Å²) in [5, 5.41) is 15.6. The van der Waals surface area contributed by atoms with Gasteiger partial charge in [-0.25, -0.2) is 4.98 Å². The first-order valence-corrected chi connectivity index (χ1v) is 15.4. The second-order valence-electron chi connectivity index (χ2n) is 9.76. The summed E-state index contributed by atoms with van der Waals surface area (Å²) in [4.78, 5) is 34.4. The molecule has 0 saturated heterocycles. The van der Waals surface area contributed by atoms with Gasteiger partial charge in [0.25, 0.3) is 5.56 Å². The van der Waals surface area contributed by atoms with Crippen LogP contribution in [0.25, 0.3) is 21.3 Å². The molecular weight excluding hydrogens is 523 g/mol. The van der Waals surface area contributed by atoms with Crippen molar-refractivity contribution in [2.45, 2.75) is 81.5 Å². The molecular formula is C27H31N5O2S3. The van der Waals surface area contributed by atoms with Gasteiger partial charge in [0.05, 0.1) is 10.6 Å². The molecule has 0 radical (unpaired) electrons. The van der Waals surface area contributed by atoms with Crippen LogP contribution in [0.5, 0.6) is 0 Å². The van der Waals surface area contributed by atoms with Crippen molar-refractivity contribution in [2.75, 3.05) is 5.32 Å². The fourth-order valence-electron chi connectivity index (χ4n) is 4.69. The van der Waals surface area contributed by atoms with Crippen molar-refractivity contribution >= 4 is 55.7 Å². The fraction of sp³-hybridized carbons (Fsp3) is 0.444. The third-order valence-electron chi connectivity index (χ3n) is 6.85. The van der Waals surface area contributed by atoms with E-state index < -0.39 is 5.25 Å². The zero-order valence-electron chi connectivity index (χ0n) is 21.2. The maximum absolute atomic E-state index is 13.1. The number of carbonyl (C=O) groups excluding carboxylic acids is 1. The maximum atomic E-state index is 13.1. The summed E-state index contributed by atoms with van der Waals surface area (Å²) in [6, 6.07) is 8.33. The first-order chi connectivity index (χ1) is 17.9. The maximum Gasteiger partial charge on any atom is 0.260 e. The molecule has 5 rings (SSSR count). The van der Waals surface area contributed by atoms with Gasteiger partial charge in [-0.15, -0.1) is 21.5 Å². The average Bonchev–Trinajstić information content (AvgIpc) is 3.55. The van der Waals surface area contributed by atoms with Crippen LogP contribution in [-0.4, -0.2) is 31.3 Å². The van der Waals surface area contributed by atoms with Crippen molar-refractivity contribution in [3.05, 3.63) is 50.6 Å². The van der Waals surface area contributed by atoms with Crippen molar-refractivity contribution < 1.29 is 4.79 Å². The number of H-pyrrole nitrogens is 1. The van der Waals surface area contributed by atoms with Crippen molar-refractivity contribution in [2.24, 2.45) is 0 Å². The predicted octanol–water partition coefficient (Wildman–Crippen LogP) is 7.18. The van der Waals surface area contributed by atoms with E-state index in [1.54, 1.807) is 0 Å². The first-order valence-electron chi connectivity index (χ1n) is 12.9. The second-order valence-corrected chi connectivity index (χ2v) is 12.8. The van der Waals surface area contributed by atoms with E-state index in [-0.39, 0.29) is 11.5 Å². The number of aromatic nitrogens is 4. The van der Waals surface area contributed by atoms with E-state index in [1.807, 2.05) is 12.3 Å². The number of rotatable bonds is 8. The highest BCUT2D eigenvalue weighted by atomic mass is 32.2. The highest BCUT2D eigenvalue weighted by molar-refractivity contribution is 8.00. The molecule has 1 atom stereocenters. The molecule has 7 nitrogen and oxygen atoms in total. The highest BCUT2D eigenvalue weighted by Gasteiger charge is 2.24. The first kappa shape index (κ1) is 26.1. The van der Waals surface area contributed by atoms with Crippen LogP contribution in [0.1, 0.15) is 81.7 Å². The van der Waals surface area contributed by atoms with Gasteiger partial charge in [0, 0.05) is 16.9 Å². The number of fused-ring (bicyclic) bond motifs is 1. The Balaban J connectivity index is 1.30. The van der Waals surface area contributed by atoms with Crippen molar-refractivity contribution in [1.82, 2.24) is 20.2 Å². The van der Waals surface area contributed by atoms with Crippen LogP contribution in [0.3, 0.4) is 0 Å². The predicted molar refractivity (Wildman–Crippen MR) is 154 cm³/mol. The number of nitrogens with zero attached hydrogens (tertiary/aromatic N) is 3. The van der Waals surface area contributed by atoms with Gasteiger partial charge in [0.2, 0.25) is 11.0 Å². The molecule has 1 unspecified atom stereocenters. The quantitative estimate of drug-likeness (QED) is 0.177. The smallest absolute Gasteiger partial charge is 0.260 e. The minimum atomic E-state index is -0.411. The summed E-state index contributed by atoms with van der Waals surface area (Å²) in [6.07, 6.45) is 6.62. The van der Waals surface area contributed by atoms with Crippen LogP contribution in [0.4, 0.5) is 5.13 Å². The third-order valence-corrected chi connectivity index (χ3v) is 9.97. The Labute approximate surface area is 228 Å². The van der Waals surface area contributed by atoms with Crippen LogP contribution >= 0.6 is 34.4 Å². The van der Waals surface area contributed by atoms with Gasteiger partial charge < -0.3 is 4.98 Å². The number of hydrogen-bond donors (Lipinski definition) is 2. The number of thioether (sulfide) groups is 1. The van der Waals surface area contributed by atoms with E-state index in [1.165, 1.54) is 59.3 Å². The lowest BCUT2D eigenvalue weighted by molar-refractivity contribution is -0.115. The molecule has 0 spiro atoms. The Bertz CT molecular complexity index is 1430. The summed E-state index contributed by atoms with van der Waals surface area (Å²) < 4.78 is 0. The molecule has 194 valence electrons. The Morgan fingerprint density at radius 1 is 1.16 bits per heavy atom. The Morgan fingerprint density at radius 3 is 2.62 bits per heavy atom. The molecule has 1 aliphatic carbocycles. The molecule has 10 heteroatoms. The van der Waals surface area contributed by atoms with Crippen molar-refractivity contribution in [3.8, 4) is 11.1 Å². The van der Waals surface area contributed by atoms with Crippen LogP contribution < -0.4 is 10.9 Å². The normalized spacial score (nSPS) is 15.4. The average molecular weight is 554 g/mol. The van der Waals surface area contributed by atoms with Gasteiger partial charge >= 0.3 is 0 Å². The van der Waals surface area contributed by atoms with Gasteiger partial charge in [-0.2, -0.15) is 0 Å². The van der Waals surface area contributed by atoms with Crippen molar-refractivity contribution in [3.63, 3.8) is 0 Å². The Morgan fingerprint density at radius 2 is 1.92 bits per heavy atom. The minimum Gasteiger partial charge on any atom is -0.301 e. The van der Waals surface area contributed by atoms with Crippen LogP contribution in [0.2, 0.25) is 0 Å². The van der Waals surface area contributed by atoms with E-state index in [4.69, 9.17) is 4.98 Å². The number of aromatic amines is 1. The van der Waals surface area contributed by atoms with Gasteiger partial charge in [-0.1, -0.05) is 87.4 Å². The van der Waals surface area contributed by atoms with Gasteiger partial charge in [-0.3, -0.25) is 14.9 Å². The second kappa shape index (κ2) is 11.4. The molecule has 1 aromatic carbocycles. The number of benzene rings is 1. The standard InChI is InChI=1S/C27H31N5O2S3/c1-4-20(22(33)28-27-32-31-24(37-27)18-8-6-5-7-9-18)36-26-29-23(34)21-19(14-35-25(21)30-26)17-12-10-16(11-13-17)15(2)3/h10-15,18,20H,4-9H2,1-3H3,(H,28,32,33)(H,29,30,34). The number of amides is 1. The molecule has 4 aromatic rings. The van der Waals surface area contributed by atoms with Crippen molar-refractivity contribution in [1.29, 1.82) is 0 Å². The van der Waals surface area contributed by atoms with E-state index in [2.05, 4.69) is 58.6 Å². The molecule has 3 aromatic heterocycles. The Kier molecular flexibility index (Phi) is 8.07. The van der Waals surface area contributed by atoms with E-state index in [0.29, 0.717) is 38.8 Å². The zero-order valence-corrected chi connectivity index (χ0v) is 23.7. The van der Waals surface area contributed by atoms with E-state index in [0.717, 1.165) is 29.0 Å². The lowest BCUT2D eigenvalue weighted by atomic mass is 9.90. The van der Waals surface area contributed by atoms with E-state index in [9.17, 15) is 9.59 Å². The number of thiophene rings is 1. The SMILES string of the molecule is CCC(Sc1nc2scc(-c3ccc(C(C)C)cc3)c2c(=O)[nH]1)C(=O)Nc1nnc(C2CCCCC2)s1. The molecule has 0 aliphatic heterocycles. The minimum absolute atomic E-state index is 0.154. The number of nitrogens with one attached hydrogen (secondary N) is 2. The van der Waals surface area contributed by atoms with Gasteiger partial charge in [0.15, 0.2) is 5.16 Å². The van der Waals surface area contributed by atoms with Gasteiger partial charge in [0.1, 0.15) is 9.84 Å². The zero-order chi connectivity index (χ0) is 25.9. The number of hydrogen-bond acceptors (Lipinski definition) is 8. The fourth-order valence-corrected chi connectivity index (χ4v) is 7.51. The third kappa shape index (κ3) is 5.81. The van der Waals surface area contributed by atoms with Gasteiger partial charge in [-0.05, 0) is 36.3 Å². The topological polar surface area (TPSA) is 101 Å². The van der Waals surface area contributed by atoms with Crippen LogP contribution in [0, 0.1) is 0 Å². The lowest BCUT2D eigenvalue weighted by Crippen LogP contribution is -2.25. The molecule has 2 N–H and O–H groups in total. The highest BCUT2D eigenvalue weighted by Crippen LogP contribution is 2.36. The molecule has 1 fully saturated rings. The Hall–Kier alpha value is -2.56. The van der Waals surface area contributed by atoms with Crippen LogP contribution in [-0.2, 0) is 4.79 Å².